The second-order valence-electron chi connectivity index (χ2n) is 11.6. The Morgan fingerprint density at radius 3 is 2.34 bits per heavy atom. The fourth-order valence-corrected chi connectivity index (χ4v) is 6.99. The van der Waals surface area contributed by atoms with E-state index in [2.05, 4.69) is 71.1 Å². The standard InChI is InChI=1S/C32H42N4O2/c1-23-7-5-8-24(2)30(23)25-12-14-34(15-13-25)22-28-27-10-3-4-11-29(27)33-31(28)32(37)36-18-16-35(17-19-36)21-26-9-6-20-38-26/h3-5,7-8,10-11,25-26,33H,6,9,12-22H2,1-2H3. The first-order valence-corrected chi connectivity index (χ1v) is 14.6. The van der Waals surface area contributed by atoms with Gasteiger partial charge in [-0.3, -0.25) is 14.6 Å². The second-order valence-corrected chi connectivity index (χ2v) is 11.6. The molecule has 0 spiro atoms. The zero-order valence-electron chi connectivity index (χ0n) is 23.0. The van der Waals surface area contributed by atoms with E-state index in [1.54, 1.807) is 5.56 Å². The minimum Gasteiger partial charge on any atom is -0.377 e. The Hall–Kier alpha value is -2.67. The SMILES string of the molecule is Cc1cccc(C)c1C1CCN(Cc2c(C(=O)N3CCN(CC4CCCO4)CC3)[nH]c3ccccc23)CC1. The maximum atomic E-state index is 13.8. The van der Waals surface area contributed by atoms with Gasteiger partial charge in [0.05, 0.1) is 6.10 Å². The maximum Gasteiger partial charge on any atom is 0.270 e. The summed E-state index contributed by atoms with van der Waals surface area (Å²) < 4.78 is 5.83. The number of para-hydroxylation sites is 1. The number of H-pyrrole nitrogens is 1. The Morgan fingerprint density at radius 1 is 0.895 bits per heavy atom. The summed E-state index contributed by atoms with van der Waals surface area (Å²) >= 11 is 0. The quantitative estimate of drug-likeness (QED) is 0.497. The Balaban J connectivity index is 1.14. The van der Waals surface area contributed by atoms with Gasteiger partial charge < -0.3 is 14.6 Å². The highest BCUT2D eigenvalue weighted by Gasteiger charge is 2.30. The first-order valence-electron chi connectivity index (χ1n) is 14.6. The van der Waals surface area contributed by atoms with Crippen molar-refractivity contribution < 1.29 is 9.53 Å². The van der Waals surface area contributed by atoms with Crippen LogP contribution in [0.15, 0.2) is 42.5 Å². The van der Waals surface area contributed by atoms with Crippen molar-refractivity contribution in [2.45, 2.75) is 58.1 Å². The molecule has 202 valence electrons. The first kappa shape index (κ1) is 25.6. The lowest BCUT2D eigenvalue weighted by Gasteiger charge is -2.36. The lowest BCUT2D eigenvalue weighted by atomic mass is 9.84. The van der Waals surface area contributed by atoms with Crippen LogP contribution in [0, 0.1) is 13.8 Å². The van der Waals surface area contributed by atoms with Gasteiger partial charge in [-0.25, -0.2) is 0 Å². The number of piperazine rings is 1. The lowest BCUT2D eigenvalue weighted by molar-refractivity contribution is 0.0429. The van der Waals surface area contributed by atoms with Crippen molar-refractivity contribution in [1.29, 1.82) is 0 Å². The predicted molar refractivity (Wildman–Crippen MR) is 153 cm³/mol. The Labute approximate surface area is 226 Å². The lowest BCUT2D eigenvalue weighted by Crippen LogP contribution is -2.50. The third-order valence-corrected chi connectivity index (χ3v) is 9.09. The van der Waals surface area contributed by atoms with Crippen molar-refractivity contribution in [1.82, 2.24) is 19.7 Å². The van der Waals surface area contributed by atoms with Crippen LogP contribution < -0.4 is 0 Å². The minimum absolute atomic E-state index is 0.151. The van der Waals surface area contributed by atoms with Gasteiger partial charge in [-0.2, -0.15) is 0 Å². The zero-order chi connectivity index (χ0) is 26.1. The van der Waals surface area contributed by atoms with E-state index in [0.29, 0.717) is 12.0 Å². The van der Waals surface area contributed by atoms with Gasteiger partial charge in [0.2, 0.25) is 0 Å². The summed E-state index contributed by atoms with van der Waals surface area (Å²) in [5.41, 5.74) is 7.41. The molecule has 0 bridgehead atoms. The summed E-state index contributed by atoms with van der Waals surface area (Å²) in [6.45, 7) is 12.8. The molecule has 0 radical (unpaired) electrons. The van der Waals surface area contributed by atoms with E-state index in [0.717, 1.165) is 75.7 Å². The molecule has 3 aliphatic rings. The van der Waals surface area contributed by atoms with Gasteiger partial charge in [0.25, 0.3) is 5.91 Å². The molecule has 6 nitrogen and oxygen atoms in total. The summed E-state index contributed by atoms with van der Waals surface area (Å²) in [6, 6.07) is 15.1. The van der Waals surface area contributed by atoms with Gasteiger partial charge in [-0.05, 0) is 81.3 Å². The zero-order valence-corrected chi connectivity index (χ0v) is 23.0. The van der Waals surface area contributed by atoms with Crippen LogP contribution >= 0.6 is 0 Å². The summed E-state index contributed by atoms with van der Waals surface area (Å²) in [7, 11) is 0. The summed E-state index contributed by atoms with van der Waals surface area (Å²) in [5.74, 6) is 0.779. The highest BCUT2D eigenvalue weighted by atomic mass is 16.5. The molecule has 1 aromatic heterocycles. The van der Waals surface area contributed by atoms with Crippen molar-refractivity contribution in [2.75, 3.05) is 52.4 Å². The molecule has 1 amide bonds. The van der Waals surface area contributed by atoms with Crippen LogP contribution in [0.25, 0.3) is 10.9 Å². The van der Waals surface area contributed by atoms with Crippen LogP contribution in [0.3, 0.4) is 0 Å². The number of amides is 1. The van der Waals surface area contributed by atoms with Crippen molar-refractivity contribution in [2.24, 2.45) is 0 Å². The number of carbonyl (C=O) groups excluding carboxylic acids is 1. The number of nitrogens with one attached hydrogen (secondary N) is 1. The number of hydrogen-bond acceptors (Lipinski definition) is 4. The molecule has 3 aliphatic heterocycles. The van der Waals surface area contributed by atoms with Crippen LogP contribution in [0.1, 0.15) is 64.3 Å². The molecule has 1 atom stereocenters. The van der Waals surface area contributed by atoms with E-state index in [-0.39, 0.29) is 5.91 Å². The maximum absolute atomic E-state index is 13.8. The first-order chi connectivity index (χ1) is 18.6. The van der Waals surface area contributed by atoms with Gasteiger partial charge in [-0.15, -0.1) is 0 Å². The molecule has 6 rings (SSSR count). The molecule has 1 unspecified atom stereocenters. The van der Waals surface area contributed by atoms with Crippen LogP contribution in [-0.2, 0) is 11.3 Å². The van der Waals surface area contributed by atoms with Crippen molar-refractivity contribution in [3.05, 3.63) is 70.4 Å². The van der Waals surface area contributed by atoms with Crippen molar-refractivity contribution in [3.63, 3.8) is 0 Å². The molecule has 3 saturated heterocycles. The number of fused-ring (bicyclic) bond motifs is 1. The molecule has 0 aliphatic carbocycles. The van der Waals surface area contributed by atoms with Crippen LogP contribution in [0.2, 0.25) is 0 Å². The third kappa shape index (κ3) is 5.27. The van der Waals surface area contributed by atoms with E-state index in [1.807, 2.05) is 4.90 Å². The topological polar surface area (TPSA) is 51.8 Å². The summed E-state index contributed by atoms with van der Waals surface area (Å²) in [6.07, 6.45) is 5.06. The van der Waals surface area contributed by atoms with E-state index in [9.17, 15) is 4.79 Å². The van der Waals surface area contributed by atoms with Gasteiger partial charge in [0, 0.05) is 62.3 Å². The van der Waals surface area contributed by atoms with E-state index in [1.165, 1.54) is 42.2 Å². The molecule has 4 heterocycles. The minimum atomic E-state index is 0.151. The number of rotatable bonds is 6. The monoisotopic (exact) mass is 514 g/mol. The number of aryl methyl sites for hydroxylation is 2. The number of benzene rings is 2. The molecule has 2 aromatic carbocycles. The highest BCUT2D eigenvalue weighted by Crippen LogP contribution is 2.34. The fraction of sp³-hybridized carbons (Fsp3) is 0.531. The molecular formula is C32H42N4O2. The normalized spacial score (nSPS) is 21.9. The molecule has 6 heteroatoms. The van der Waals surface area contributed by atoms with Gasteiger partial charge in [0.1, 0.15) is 5.69 Å². The molecule has 1 N–H and O–H groups in total. The van der Waals surface area contributed by atoms with E-state index in [4.69, 9.17) is 4.74 Å². The molecule has 38 heavy (non-hydrogen) atoms. The Morgan fingerprint density at radius 2 is 1.63 bits per heavy atom. The van der Waals surface area contributed by atoms with Crippen LogP contribution in [0.5, 0.6) is 0 Å². The number of piperidine rings is 1. The van der Waals surface area contributed by atoms with E-state index < -0.39 is 0 Å². The number of carbonyl (C=O) groups is 1. The van der Waals surface area contributed by atoms with Gasteiger partial charge >= 0.3 is 0 Å². The number of likely N-dealkylation sites (tertiary alicyclic amines) is 1. The number of nitrogens with zero attached hydrogens (tertiary/aromatic N) is 3. The highest BCUT2D eigenvalue weighted by molar-refractivity contribution is 6.01. The third-order valence-electron chi connectivity index (χ3n) is 9.09. The van der Waals surface area contributed by atoms with Crippen LogP contribution in [-0.4, -0.2) is 84.1 Å². The summed E-state index contributed by atoms with van der Waals surface area (Å²) in [5, 5.41) is 1.18. The van der Waals surface area contributed by atoms with Crippen LogP contribution in [0.4, 0.5) is 0 Å². The Kier molecular flexibility index (Phi) is 7.55. The number of hydrogen-bond donors (Lipinski definition) is 1. The van der Waals surface area contributed by atoms with Gasteiger partial charge in [0.15, 0.2) is 0 Å². The smallest absolute Gasteiger partial charge is 0.270 e. The molecular weight excluding hydrogens is 472 g/mol. The largest absolute Gasteiger partial charge is 0.377 e. The number of ether oxygens (including phenoxy) is 1. The number of aromatic nitrogens is 1. The van der Waals surface area contributed by atoms with Gasteiger partial charge in [-0.1, -0.05) is 36.4 Å². The second kappa shape index (κ2) is 11.2. The van der Waals surface area contributed by atoms with Crippen molar-refractivity contribution in [3.8, 4) is 0 Å². The predicted octanol–water partition coefficient (Wildman–Crippen LogP) is 5.10. The molecule has 3 aromatic rings. The van der Waals surface area contributed by atoms with Crippen molar-refractivity contribution >= 4 is 16.8 Å². The average Bonchev–Trinajstić information content (AvgIpc) is 3.58. The summed E-state index contributed by atoms with van der Waals surface area (Å²) in [4.78, 5) is 24.4. The average molecular weight is 515 g/mol. The Bertz CT molecular complexity index is 1240. The van der Waals surface area contributed by atoms with E-state index >= 15 is 0 Å². The fourth-order valence-electron chi connectivity index (χ4n) is 6.99. The number of aromatic amines is 1. The molecule has 3 fully saturated rings. The molecule has 0 saturated carbocycles.